The lowest BCUT2D eigenvalue weighted by atomic mass is 9.98. The second-order valence-corrected chi connectivity index (χ2v) is 8.34. The quantitative estimate of drug-likeness (QED) is 0.574. The Bertz CT molecular complexity index is 962. The van der Waals surface area contributed by atoms with Crippen LogP contribution in [0.2, 0.25) is 0 Å². The van der Waals surface area contributed by atoms with Crippen LogP contribution in [-0.2, 0) is 14.3 Å². The molecule has 0 saturated carbocycles. The monoisotopic (exact) mass is 453 g/mol. The van der Waals surface area contributed by atoms with E-state index in [1.165, 1.54) is 4.90 Å². The van der Waals surface area contributed by atoms with Crippen LogP contribution in [0.3, 0.4) is 0 Å². The normalized spacial score (nSPS) is 13.2. The van der Waals surface area contributed by atoms with E-state index in [0.717, 1.165) is 22.3 Å². The van der Waals surface area contributed by atoms with Gasteiger partial charge in [0, 0.05) is 25.6 Å². The highest BCUT2D eigenvalue weighted by Crippen LogP contribution is 2.44. The summed E-state index contributed by atoms with van der Waals surface area (Å²) >= 11 is 0. The van der Waals surface area contributed by atoms with Crippen LogP contribution in [0.1, 0.15) is 30.4 Å². The molecule has 8 heteroatoms. The minimum Gasteiger partial charge on any atom is -0.481 e. The largest absolute Gasteiger partial charge is 0.481 e. The number of nitrogens with zero attached hydrogens (tertiary/aromatic N) is 2. The zero-order chi connectivity index (χ0) is 24.0. The first-order valence-corrected chi connectivity index (χ1v) is 11.1. The summed E-state index contributed by atoms with van der Waals surface area (Å²) in [5.41, 5.74) is 4.37. The number of aliphatic carboxylic acids is 1. The van der Waals surface area contributed by atoms with Crippen LogP contribution in [0.5, 0.6) is 0 Å². The molecule has 0 radical (unpaired) electrons. The fraction of sp³-hybridized carbons (Fsp3) is 0.400. The van der Waals surface area contributed by atoms with Gasteiger partial charge < -0.3 is 25.0 Å². The van der Waals surface area contributed by atoms with Crippen molar-refractivity contribution in [3.8, 4) is 11.1 Å². The van der Waals surface area contributed by atoms with Crippen LogP contribution < -0.4 is 5.32 Å². The topological polar surface area (TPSA) is 99.2 Å². The van der Waals surface area contributed by atoms with Gasteiger partial charge in [-0.2, -0.15) is 0 Å². The van der Waals surface area contributed by atoms with E-state index in [-0.39, 0.29) is 12.5 Å². The van der Waals surface area contributed by atoms with E-state index >= 15 is 0 Å². The Hall–Kier alpha value is -3.39. The van der Waals surface area contributed by atoms with Crippen molar-refractivity contribution >= 4 is 18.0 Å². The van der Waals surface area contributed by atoms with E-state index in [1.807, 2.05) is 74.4 Å². The van der Waals surface area contributed by atoms with Gasteiger partial charge in [-0.25, -0.2) is 4.79 Å². The first-order chi connectivity index (χ1) is 15.8. The molecule has 0 aliphatic heterocycles. The predicted molar refractivity (Wildman–Crippen MR) is 125 cm³/mol. The van der Waals surface area contributed by atoms with Crippen LogP contribution in [0, 0.1) is 0 Å². The minimum absolute atomic E-state index is 0.0892. The number of fused-ring (bicyclic) bond motifs is 3. The minimum atomic E-state index is -1.19. The Labute approximate surface area is 194 Å². The van der Waals surface area contributed by atoms with Crippen LogP contribution in [0.15, 0.2) is 48.5 Å². The molecule has 0 fully saturated rings. The number of benzene rings is 2. The van der Waals surface area contributed by atoms with Gasteiger partial charge in [0.2, 0.25) is 5.91 Å². The fourth-order valence-corrected chi connectivity index (χ4v) is 4.12. The molecule has 0 bridgehead atoms. The van der Waals surface area contributed by atoms with Crippen LogP contribution in [-0.4, -0.2) is 79.3 Å². The third-order valence-corrected chi connectivity index (χ3v) is 5.82. The zero-order valence-electron chi connectivity index (χ0n) is 19.3. The standard InChI is InChI=1S/C25H31N3O5/c1-4-28(14-13-27(2)3)24(31)22(15-23(29)30)26-25(32)33-16-21-19-11-7-5-9-17(19)18-10-6-8-12-20(18)21/h5-12,21-22H,4,13-16H2,1-3H3,(H,26,32)(H,29,30). The van der Waals surface area contributed by atoms with Gasteiger partial charge in [-0.15, -0.1) is 0 Å². The highest BCUT2D eigenvalue weighted by atomic mass is 16.5. The lowest BCUT2D eigenvalue weighted by molar-refractivity contribution is -0.142. The van der Waals surface area contributed by atoms with Crippen LogP contribution in [0.4, 0.5) is 4.79 Å². The van der Waals surface area contributed by atoms with E-state index in [1.54, 1.807) is 0 Å². The summed E-state index contributed by atoms with van der Waals surface area (Å²) in [4.78, 5) is 40.3. The number of likely N-dealkylation sites (N-methyl/N-ethyl adjacent to an activating group) is 2. The van der Waals surface area contributed by atoms with Crippen molar-refractivity contribution in [1.29, 1.82) is 0 Å². The fourth-order valence-electron chi connectivity index (χ4n) is 4.12. The summed E-state index contributed by atoms with van der Waals surface area (Å²) in [7, 11) is 3.78. The number of amides is 2. The Morgan fingerprint density at radius 2 is 1.58 bits per heavy atom. The zero-order valence-corrected chi connectivity index (χ0v) is 19.3. The molecule has 2 N–H and O–H groups in total. The molecule has 0 saturated heterocycles. The number of carbonyl (C=O) groups is 3. The Morgan fingerprint density at radius 3 is 2.09 bits per heavy atom. The summed E-state index contributed by atoms with van der Waals surface area (Å²) in [6.45, 7) is 3.38. The molecule has 0 heterocycles. The number of carboxylic acids is 1. The Kier molecular flexibility index (Phi) is 8.06. The lowest BCUT2D eigenvalue weighted by Crippen LogP contribution is -2.51. The molecule has 2 aromatic rings. The molecule has 0 aromatic heterocycles. The summed E-state index contributed by atoms with van der Waals surface area (Å²) < 4.78 is 5.49. The first kappa shape index (κ1) is 24.3. The van der Waals surface area contributed by atoms with Gasteiger partial charge in [0.25, 0.3) is 0 Å². The third kappa shape index (κ3) is 5.90. The molecule has 1 atom stereocenters. The van der Waals surface area contributed by atoms with Gasteiger partial charge in [-0.1, -0.05) is 48.5 Å². The summed E-state index contributed by atoms with van der Waals surface area (Å²) in [5.74, 6) is -1.73. The third-order valence-electron chi connectivity index (χ3n) is 5.82. The first-order valence-electron chi connectivity index (χ1n) is 11.1. The highest BCUT2D eigenvalue weighted by Gasteiger charge is 2.31. The SMILES string of the molecule is CCN(CCN(C)C)C(=O)C(CC(=O)O)NC(=O)OCC1c2ccccc2-c2ccccc21. The van der Waals surface area contributed by atoms with Crippen molar-refractivity contribution in [2.45, 2.75) is 25.3 Å². The number of carbonyl (C=O) groups excluding carboxylic acids is 2. The predicted octanol–water partition coefficient (Wildman–Crippen LogP) is 2.78. The Balaban J connectivity index is 1.67. The van der Waals surface area contributed by atoms with Crippen molar-refractivity contribution in [2.75, 3.05) is 40.3 Å². The van der Waals surface area contributed by atoms with Gasteiger partial charge >= 0.3 is 12.1 Å². The van der Waals surface area contributed by atoms with Crippen molar-refractivity contribution < 1.29 is 24.2 Å². The van der Waals surface area contributed by atoms with Crippen molar-refractivity contribution in [3.63, 3.8) is 0 Å². The van der Waals surface area contributed by atoms with Gasteiger partial charge in [0.05, 0.1) is 6.42 Å². The maximum Gasteiger partial charge on any atom is 0.407 e. The van der Waals surface area contributed by atoms with Crippen molar-refractivity contribution in [2.24, 2.45) is 0 Å². The second kappa shape index (κ2) is 11.0. The van der Waals surface area contributed by atoms with Gasteiger partial charge in [-0.3, -0.25) is 9.59 Å². The number of ether oxygens (including phenoxy) is 1. The highest BCUT2D eigenvalue weighted by molar-refractivity contribution is 5.89. The molecule has 2 amide bonds. The van der Waals surface area contributed by atoms with Gasteiger partial charge in [0.15, 0.2) is 0 Å². The number of carboxylic acid groups (broad SMARTS) is 1. The van der Waals surface area contributed by atoms with E-state index in [0.29, 0.717) is 19.6 Å². The van der Waals surface area contributed by atoms with Crippen molar-refractivity contribution in [1.82, 2.24) is 15.1 Å². The molecule has 33 heavy (non-hydrogen) atoms. The molecule has 0 spiro atoms. The summed E-state index contributed by atoms with van der Waals surface area (Å²) in [5, 5.41) is 11.7. The molecule has 176 valence electrons. The number of hydrogen-bond donors (Lipinski definition) is 2. The average Bonchev–Trinajstić information content (AvgIpc) is 3.11. The number of hydrogen-bond acceptors (Lipinski definition) is 5. The maximum absolute atomic E-state index is 12.9. The summed E-state index contributed by atoms with van der Waals surface area (Å²) in [6.07, 6.45) is -1.32. The molecular weight excluding hydrogens is 422 g/mol. The molecule has 3 rings (SSSR count). The number of rotatable bonds is 10. The Morgan fingerprint density at radius 1 is 1.00 bits per heavy atom. The van der Waals surface area contributed by atoms with Gasteiger partial charge in [-0.05, 0) is 43.3 Å². The molecule has 8 nitrogen and oxygen atoms in total. The smallest absolute Gasteiger partial charge is 0.407 e. The molecule has 1 unspecified atom stereocenters. The van der Waals surface area contributed by atoms with E-state index in [2.05, 4.69) is 5.32 Å². The maximum atomic E-state index is 12.9. The molecule has 1 aliphatic carbocycles. The van der Waals surface area contributed by atoms with E-state index in [9.17, 15) is 19.5 Å². The lowest BCUT2D eigenvalue weighted by Gasteiger charge is -2.27. The number of alkyl carbamates (subject to hydrolysis) is 1. The molecule has 1 aliphatic rings. The van der Waals surface area contributed by atoms with E-state index in [4.69, 9.17) is 4.74 Å². The molecular formula is C25H31N3O5. The van der Waals surface area contributed by atoms with E-state index < -0.39 is 30.4 Å². The van der Waals surface area contributed by atoms with Gasteiger partial charge in [0.1, 0.15) is 12.6 Å². The van der Waals surface area contributed by atoms with Crippen molar-refractivity contribution in [3.05, 3.63) is 59.7 Å². The molecule has 2 aromatic carbocycles. The number of nitrogens with one attached hydrogen (secondary N) is 1. The summed E-state index contributed by atoms with van der Waals surface area (Å²) in [6, 6.07) is 14.8. The average molecular weight is 454 g/mol. The van der Waals surface area contributed by atoms with Crippen LogP contribution >= 0.6 is 0 Å². The van der Waals surface area contributed by atoms with Crippen LogP contribution in [0.25, 0.3) is 11.1 Å². The second-order valence-electron chi connectivity index (χ2n) is 8.34.